The van der Waals surface area contributed by atoms with E-state index in [-0.39, 0.29) is 18.2 Å². The van der Waals surface area contributed by atoms with Gasteiger partial charge in [0.05, 0.1) is 13.2 Å². The summed E-state index contributed by atoms with van der Waals surface area (Å²) in [6.45, 7) is 6.42. The Hall–Kier alpha value is -1.26. The Bertz CT molecular complexity index is 518. The number of rotatable bonds is 3. The monoisotopic (exact) mass is 290 g/mol. The Kier molecular flexibility index (Phi) is 4.09. The molecule has 116 valence electrons. The van der Waals surface area contributed by atoms with Crippen LogP contribution in [0.2, 0.25) is 0 Å². The molecule has 0 bridgehead atoms. The molecule has 1 saturated heterocycles. The lowest BCUT2D eigenvalue weighted by Crippen LogP contribution is -2.45. The van der Waals surface area contributed by atoms with Gasteiger partial charge in [-0.1, -0.05) is 6.92 Å². The summed E-state index contributed by atoms with van der Waals surface area (Å²) >= 11 is 0. The second kappa shape index (κ2) is 5.85. The van der Waals surface area contributed by atoms with Gasteiger partial charge >= 0.3 is 0 Å². The van der Waals surface area contributed by atoms with Gasteiger partial charge in [-0.25, -0.2) is 0 Å². The van der Waals surface area contributed by atoms with Crippen LogP contribution in [0.3, 0.4) is 0 Å². The molecule has 3 atom stereocenters. The van der Waals surface area contributed by atoms with Crippen molar-refractivity contribution < 1.29 is 9.47 Å². The zero-order chi connectivity index (χ0) is 15.0. The molecule has 0 radical (unpaired) electrons. The summed E-state index contributed by atoms with van der Waals surface area (Å²) in [6.07, 6.45) is 3.45. The van der Waals surface area contributed by atoms with Crippen LogP contribution in [-0.4, -0.2) is 37.2 Å². The molecule has 2 N–H and O–H groups in total. The van der Waals surface area contributed by atoms with Crippen molar-refractivity contribution in [2.24, 2.45) is 5.73 Å². The van der Waals surface area contributed by atoms with Gasteiger partial charge in [-0.3, -0.25) is 4.90 Å². The van der Waals surface area contributed by atoms with Gasteiger partial charge in [0.15, 0.2) is 0 Å². The Morgan fingerprint density at radius 2 is 2.24 bits per heavy atom. The molecule has 2 heterocycles. The normalized spacial score (nSPS) is 29.0. The first-order chi connectivity index (χ1) is 10.1. The van der Waals surface area contributed by atoms with Gasteiger partial charge in [0, 0.05) is 23.6 Å². The van der Waals surface area contributed by atoms with Crippen LogP contribution in [0.15, 0.2) is 12.1 Å². The molecular weight excluding hydrogens is 264 g/mol. The smallest absolute Gasteiger partial charge is 0.124 e. The summed E-state index contributed by atoms with van der Waals surface area (Å²) in [7, 11) is 1.75. The third-order valence-corrected chi connectivity index (χ3v) is 4.75. The van der Waals surface area contributed by atoms with E-state index in [1.165, 1.54) is 17.5 Å². The molecule has 0 aromatic heterocycles. The van der Waals surface area contributed by atoms with Gasteiger partial charge in [0.1, 0.15) is 17.6 Å². The first-order valence-electron chi connectivity index (χ1n) is 8.01. The molecule has 1 fully saturated rings. The van der Waals surface area contributed by atoms with Crippen molar-refractivity contribution in [2.45, 2.75) is 51.3 Å². The summed E-state index contributed by atoms with van der Waals surface area (Å²) in [5.41, 5.74) is 8.86. The van der Waals surface area contributed by atoms with Gasteiger partial charge in [0.2, 0.25) is 0 Å². The zero-order valence-corrected chi connectivity index (χ0v) is 13.3. The summed E-state index contributed by atoms with van der Waals surface area (Å²) in [5, 5.41) is 0. The Morgan fingerprint density at radius 1 is 1.43 bits per heavy atom. The highest BCUT2D eigenvalue weighted by molar-refractivity contribution is 5.50. The maximum Gasteiger partial charge on any atom is 0.124 e. The van der Waals surface area contributed by atoms with E-state index < -0.39 is 0 Å². The average molecular weight is 290 g/mol. The van der Waals surface area contributed by atoms with Crippen molar-refractivity contribution in [3.8, 4) is 11.5 Å². The number of hydrogen-bond donors (Lipinski definition) is 1. The highest BCUT2D eigenvalue weighted by Crippen LogP contribution is 2.41. The molecule has 0 aliphatic carbocycles. The van der Waals surface area contributed by atoms with Gasteiger partial charge in [-0.05, 0) is 45.0 Å². The average Bonchev–Trinajstić information content (AvgIpc) is 2.84. The standard InChI is InChI=1S/C17H26N2O2/c1-4-19-7-5-6-14(18)17(19)13-10-15-12(8-11(2)21-15)9-16(13)20-3/h9-11,14,17H,4-8,18H2,1-3H3. The molecule has 3 rings (SSSR count). The van der Waals surface area contributed by atoms with Crippen LogP contribution in [0, 0.1) is 0 Å². The summed E-state index contributed by atoms with van der Waals surface area (Å²) in [4.78, 5) is 2.46. The number of fused-ring (bicyclic) bond motifs is 1. The summed E-state index contributed by atoms with van der Waals surface area (Å²) in [6, 6.07) is 4.69. The number of likely N-dealkylation sites (tertiary alicyclic amines) is 1. The maximum atomic E-state index is 6.44. The SMILES string of the molecule is CCN1CCCC(N)C1c1cc2c(cc1OC)CC(C)O2. The van der Waals surface area contributed by atoms with Crippen LogP contribution in [0.1, 0.15) is 43.9 Å². The second-order valence-electron chi connectivity index (χ2n) is 6.21. The van der Waals surface area contributed by atoms with Crippen molar-refractivity contribution in [2.75, 3.05) is 20.2 Å². The van der Waals surface area contributed by atoms with Gasteiger partial charge in [-0.2, -0.15) is 0 Å². The van der Waals surface area contributed by atoms with Crippen molar-refractivity contribution in [3.63, 3.8) is 0 Å². The van der Waals surface area contributed by atoms with Crippen LogP contribution in [0.4, 0.5) is 0 Å². The topological polar surface area (TPSA) is 47.7 Å². The molecular formula is C17H26N2O2. The number of piperidine rings is 1. The van der Waals surface area contributed by atoms with Crippen LogP contribution in [0.5, 0.6) is 11.5 Å². The largest absolute Gasteiger partial charge is 0.496 e. The Balaban J connectivity index is 2.02. The first-order valence-corrected chi connectivity index (χ1v) is 8.01. The fourth-order valence-electron chi connectivity index (χ4n) is 3.74. The highest BCUT2D eigenvalue weighted by Gasteiger charge is 2.33. The Morgan fingerprint density at radius 3 is 2.95 bits per heavy atom. The predicted octanol–water partition coefficient (Wildman–Crippen LogP) is 2.50. The fraction of sp³-hybridized carbons (Fsp3) is 0.647. The lowest BCUT2D eigenvalue weighted by atomic mass is 9.89. The summed E-state index contributed by atoms with van der Waals surface area (Å²) < 4.78 is 11.6. The van der Waals surface area contributed by atoms with E-state index >= 15 is 0 Å². The van der Waals surface area contributed by atoms with Crippen molar-refractivity contribution >= 4 is 0 Å². The van der Waals surface area contributed by atoms with E-state index in [2.05, 4.69) is 30.9 Å². The minimum absolute atomic E-state index is 0.157. The predicted molar refractivity (Wildman–Crippen MR) is 84.0 cm³/mol. The molecule has 0 amide bonds. The van der Waals surface area contributed by atoms with Crippen molar-refractivity contribution in [1.29, 1.82) is 0 Å². The lowest BCUT2D eigenvalue weighted by Gasteiger charge is -2.40. The number of nitrogens with two attached hydrogens (primary N) is 1. The van der Waals surface area contributed by atoms with Gasteiger partial charge in [0.25, 0.3) is 0 Å². The molecule has 4 nitrogen and oxygen atoms in total. The number of hydrogen-bond acceptors (Lipinski definition) is 4. The van der Waals surface area contributed by atoms with Crippen molar-refractivity contribution in [3.05, 3.63) is 23.3 Å². The molecule has 1 aromatic carbocycles. The van der Waals surface area contributed by atoms with E-state index in [1.807, 2.05) is 0 Å². The molecule has 0 spiro atoms. The van der Waals surface area contributed by atoms with Gasteiger partial charge < -0.3 is 15.2 Å². The number of likely N-dealkylation sites (N-methyl/N-ethyl adjacent to an activating group) is 1. The number of benzene rings is 1. The van der Waals surface area contributed by atoms with Crippen LogP contribution < -0.4 is 15.2 Å². The molecule has 2 aliphatic rings. The van der Waals surface area contributed by atoms with Crippen LogP contribution in [-0.2, 0) is 6.42 Å². The fourth-order valence-corrected chi connectivity index (χ4v) is 3.74. The Labute approximate surface area is 127 Å². The third-order valence-electron chi connectivity index (χ3n) is 4.75. The van der Waals surface area contributed by atoms with Gasteiger partial charge in [-0.15, -0.1) is 0 Å². The molecule has 0 saturated carbocycles. The lowest BCUT2D eigenvalue weighted by molar-refractivity contribution is 0.133. The molecule has 21 heavy (non-hydrogen) atoms. The minimum Gasteiger partial charge on any atom is -0.496 e. The van der Waals surface area contributed by atoms with E-state index in [0.717, 1.165) is 37.4 Å². The first kappa shape index (κ1) is 14.7. The van der Waals surface area contributed by atoms with Crippen LogP contribution in [0.25, 0.3) is 0 Å². The summed E-state index contributed by atoms with van der Waals surface area (Å²) in [5.74, 6) is 1.96. The van der Waals surface area contributed by atoms with E-state index in [9.17, 15) is 0 Å². The van der Waals surface area contributed by atoms with Crippen LogP contribution >= 0.6 is 0 Å². The highest BCUT2D eigenvalue weighted by atomic mass is 16.5. The quantitative estimate of drug-likeness (QED) is 0.929. The van der Waals surface area contributed by atoms with E-state index in [0.29, 0.717) is 0 Å². The number of methoxy groups -OCH3 is 1. The molecule has 4 heteroatoms. The second-order valence-corrected chi connectivity index (χ2v) is 6.21. The molecule has 1 aromatic rings. The minimum atomic E-state index is 0.157. The van der Waals surface area contributed by atoms with Crippen molar-refractivity contribution in [1.82, 2.24) is 4.90 Å². The molecule has 2 aliphatic heterocycles. The van der Waals surface area contributed by atoms with E-state index in [4.69, 9.17) is 15.2 Å². The number of ether oxygens (including phenoxy) is 2. The van der Waals surface area contributed by atoms with E-state index in [1.54, 1.807) is 7.11 Å². The third kappa shape index (κ3) is 2.62. The zero-order valence-electron chi connectivity index (χ0n) is 13.3. The maximum absolute atomic E-state index is 6.44. The molecule has 3 unspecified atom stereocenters. The number of nitrogens with zero attached hydrogens (tertiary/aromatic N) is 1.